The Morgan fingerprint density at radius 2 is 1.80 bits per heavy atom. The van der Waals surface area contributed by atoms with E-state index >= 15 is 0 Å². The molecule has 104 valence electrons. The Bertz CT molecular complexity index is 624. The fourth-order valence-electron chi connectivity index (χ4n) is 1.75. The predicted molar refractivity (Wildman–Crippen MR) is 84.6 cm³/mol. The quantitative estimate of drug-likeness (QED) is 0.853. The first-order chi connectivity index (χ1) is 9.47. The molecular formula is C15H16ClN3O. The van der Waals surface area contributed by atoms with E-state index in [1.807, 2.05) is 31.1 Å². The van der Waals surface area contributed by atoms with Crippen LogP contribution in [0, 0.1) is 0 Å². The topological polar surface area (TPSA) is 58.4 Å². The lowest BCUT2D eigenvalue weighted by molar-refractivity contribution is 0.102. The first kappa shape index (κ1) is 14.2. The number of anilines is 3. The third-order valence-electron chi connectivity index (χ3n) is 2.91. The summed E-state index contributed by atoms with van der Waals surface area (Å²) in [7, 11) is 3.90. The zero-order valence-electron chi connectivity index (χ0n) is 11.4. The molecule has 2 rings (SSSR count). The van der Waals surface area contributed by atoms with Gasteiger partial charge in [-0.25, -0.2) is 0 Å². The molecule has 20 heavy (non-hydrogen) atoms. The summed E-state index contributed by atoms with van der Waals surface area (Å²) in [5, 5.41) is 3.30. The van der Waals surface area contributed by atoms with Crippen molar-refractivity contribution < 1.29 is 4.79 Å². The maximum atomic E-state index is 12.1. The van der Waals surface area contributed by atoms with Crippen LogP contribution in [0.5, 0.6) is 0 Å². The molecule has 0 heterocycles. The second kappa shape index (κ2) is 5.84. The van der Waals surface area contributed by atoms with E-state index in [0.29, 0.717) is 22.0 Å². The minimum absolute atomic E-state index is 0.204. The molecular weight excluding hydrogens is 274 g/mol. The van der Waals surface area contributed by atoms with Crippen molar-refractivity contribution in [2.24, 2.45) is 0 Å². The Labute approximate surface area is 123 Å². The van der Waals surface area contributed by atoms with Crippen LogP contribution in [0.25, 0.3) is 0 Å². The van der Waals surface area contributed by atoms with E-state index in [9.17, 15) is 4.79 Å². The highest BCUT2D eigenvalue weighted by Crippen LogP contribution is 2.23. The standard InChI is InChI=1S/C15H16ClN3O/c1-19(2)12-6-3-10(4-7-12)15(20)18-14-8-5-11(16)9-13(14)17/h3-9H,17H2,1-2H3,(H,18,20). The van der Waals surface area contributed by atoms with Crippen LogP contribution in [0.4, 0.5) is 17.1 Å². The highest BCUT2D eigenvalue weighted by Gasteiger charge is 2.08. The smallest absolute Gasteiger partial charge is 0.255 e. The van der Waals surface area contributed by atoms with Gasteiger partial charge in [0.1, 0.15) is 0 Å². The molecule has 2 aromatic rings. The van der Waals surface area contributed by atoms with E-state index in [-0.39, 0.29) is 5.91 Å². The van der Waals surface area contributed by atoms with E-state index in [1.54, 1.807) is 30.3 Å². The van der Waals surface area contributed by atoms with Crippen molar-refractivity contribution in [3.05, 3.63) is 53.1 Å². The number of nitrogens with two attached hydrogens (primary N) is 1. The number of carbonyl (C=O) groups is 1. The zero-order valence-corrected chi connectivity index (χ0v) is 12.1. The van der Waals surface area contributed by atoms with Gasteiger partial charge in [-0.1, -0.05) is 11.6 Å². The van der Waals surface area contributed by atoms with Crippen molar-refractivity contribution in [1.29, 1.82) is 0 Å². The largest absolute Gasteiger partial charge is 0.397 e. The Balaban J connectivity index is 2.15. The van der Waals surface area contributed by atoms with E-state index in [1.165, 1.54) is 0 Å². The first-order valence-electron chi connectivity index (χ1n) is 6.11. The fourth-order valence-corrected chi connectivity index (χ4v) is 1.93. The third-order valence-corrected chi connectivity index (χ3v) is 3.14. The van der Waals surface area contributed by atoms with Crippen LogP contribution in [0.15, 0.2) is 42.5 Å². The molecule has 0 unspecified atom stereocenters. The monoisotopic (exact) mass is 289 g/mol. The van der Waals surface area contributed by atoms with Gasteiger partial charge in [0.15, 0.2) is 0 Å². The molecule has 4 nitrogen and oxygen atoms in total. The van der Waals surface area contributed by atoms with Crippen molar-refractivity contribution >= 4 is 34.6 Å². The predicted octanol–water partition coefficient (Wildman–Crippen LogP) is 3.24. The number of benzene rings is 2. The number of carbonyl (C=O) groups excluding carboxylic acids is 1. The molecule has 2 aromatic carbocycles. The molecule has 0 aliphatic carbocycles. The van der Waals surface area contributed by atoms with E-state index < -0.39 is 0 Å². The SMILES string of the molecule is CN(C)c1ccc(C(=O)Nc2ccc(Cl)cc2N)cc1. The van der Waals surface area contributed by atoms with Gasteiger partial charge in [0.05, 0.1) is 11.4 Å². The molecule has 0 saturated carbocycles. The average molecular weight is 290 g/mol. The van der Waals surface area contributed by atoms with Gasteiger partial charge in [0.2, 0.25) is 0 Å². The maximum absolute atomic E-state index is 12.1. The number of nitrogen functional groups attached to an aromatic ring is 1. The average Bonchev–Trinajstić information content (AvgIpc) is 2.42. The van der Waals surface area contributed by atoms with Crippen LogP contribution in [-0.4, -0.2) is 20.0 Å². The molecule has 0 bridgehead atoms. The van der Waals surface area contributed by atoms with Gasteiger partial charge in [-0.3, -0.25) is 4.79 Å². The second-order valence-corrected chi connectivity index (χ2v) is 5.06. The number of amides is 1. The van der Waals surface area contributed by atoms with Crippen LogP contribution < -0.4 is 16.0 Å². The molecule has 0 atom stereocenters. The van der Waals surface area contributed by atoms with Gasteiger partial charge in [0, 0.05) is 30.4 Å². The summed E-state index contributed by atoms with van der Waals surface area (Å²) >= 11 is 5.82. The minimum atomic E-state index is -0.204. The normalized spacial score (nSPS) is 10.2. The summed E-state index contributed by atoms with van der Waals surface area (Å²) in [5.74, 6) is -0.204. The van der Waals surface area contributed by atoms with Crippen LogP contribution >= 0.6 is 11.6 Å². The van der Waals surface area contributed by atoms with Crippen molar-refractivity contribution in [1.82, 2.24) is 0 Å². The maximum Gasteiger partial charge on any atom is 0.255 e. The lowest BCUT2D eigenvalue weighted by atomic mass is 10.1. The van der Waals surface area contributed by atoms with Crippen LogP contribution in [0.2, 0.25) is 5.02 Å². The fraction of sp³-hybridized carbons (Fsp3) is 0.133. The second-order valence-electron chi connectivity index (χ2n) is 4.63. The van der Waals surface area contributed by atoms with Gasteiger partial charge in [-0.05, 0) is 42.5 Å². The summed E-state index contributed by atoms with van der Waals surface area (Å²) in [6, 6.07) is 12.3. The molecule has 0 fully saturated rings. The molecule has 5 heteroatoms. The highest BCUT2D eigenvalue weighted by molar-refractivity contribution is 6.31. The van der Waals surface area contributed by atoms with Gasteiger partial charge < -0.3 is 16.0 Å². The Kier molecular flexibility index (Phi) is 4.15. The number of halogens is 1. The molecule has 3 N–H and O–H groups in total. The molecule has 0 spiro atoms. The molecule has 0 aliphatic heterocycles. The number of nitrogens with one attached hydrogen (secondary N) is 1. The Hall–Kier alpha value is -2.20. The summed E-state index contributed by atoms with van der Waals surface area (Å²) in [6.45, 7) is 0. The van der Waals surface area contributed by atoms with Gasteiger partial charge in [-0.2, -0.15) is 0 Å². The van der Waals surface area contributed by atoms with Gasteiger partial charge in [0.25, 0.3) is 5.91 Å². The van der Waals surface area contributed by atoms with E-state index in [4.69, 9.17) is 17.3 Å². The van der Waals surface area contributed by atoms with Gasteiger partial charge in [-0.15, -0.1) is 0 Å². The third kappa shape index (κ3) is 3.22. The molecule has 0 aromatic heterocycles. The van der Waals surface area contributed by atoms with Crippen LogP contribution in [0.3, 0.4) is 0 Å². The minimum Gasteiger partial charge on any atom is -0.397 e. The first-order valence-corrected chi connectivity index (χ1v) is 6.49. The van der Waals surface area contributed by atoms with Crippen LogP contribution in [0.1, 0.15) is 10.4 Å². The van der Waals surface area contributed by atoms with E-state index in [2.05, 4.69) is 5.32 Å². The number of nitrogens with zero attached hydrogens (tertiary/aromatic N) is 1. The van der Waals surface area contributed by atoms with Crippen molar-refractivity contribution in [3.63, 3.8) is 0 Å². The number of hydrogen-bond donors (Lipinski definition) is 2. The van der Waals surface area contributed by atoms with Crippen molar-refractivity contribution in [3.8, 4) is 0 Å². The molecule has 0 aliphatic rings. The lowest BCUT2D eigenvalue weighted by Gasteiger charge is -2.13. The zero-order chi connectivity index (χ0) is 14.7. The van der Waals surface area contributed by atoms with E-state index in [0.717, 1.165) is 5.69 Å². The van der Waals surface area contributed by atoms with Crippen molar-refractivity contribution in [2.45, 2.75) is 0 Å². The summed E-state index contributed by atoms with van der Waals surface area (Å²) in [6.07, 6.45) is 0. The van der Waals surface area contributed by atoms with Gasteiger partial charge >= 0.3 is 0 Å². The number of hydrogen-bond acceptors (Lipinski definition) is 3. The Morgan fingerprint density at radius 1 is 1.15 bits per heavy atom. The van der Waals surface area contributed by atoms with Crippen molar-refractivity contribution in [2.75, 3.05) is 30.0 Å². The Morgan fingerprint density at radius 3 is 2.35 bits per heavy atom. The molecule has 1 amide bonds. The number of rotatable bonds is 3. The summed E-state index contributed by atoms with van der Waals surface area (Å²) in [5.41, 5.74) is 8.41. The molecule has 0 saturated heterocycles. The molecule has 0 radical (unpaired) electrons. The summed E-state index contributed by atoms with van der Waals surface area (Å²) in [4.78, 5) is 14.1. The lowest BCUT2D eigenvalue weighted by Crippen LogP contribution is -2.14. The highest BCUT2D eigenvalue weighted by atomic mass is 35.5. The summed E-state index contributed by atoms with van der Waals surface area (Å²) < 4.78 is 0. The van der Waals surface area contributed by atoms with Crippen LogP contribution in [-0.2, 0) is 0 Å².